The number of carbonyl (C=O) groups is 1. The monoisotopic (exact) mass is 280 g/mol. The third-order valence-electron chi connectivity index (χ3n) is 4.53. The molecule has 1 aromatic heterocycles. The lowest BCUT2D eigenvalue weighted by Crippen LogP contribution is -2.75. The van der Waals surface area contributed by atoms with Crippen LogP contribution in [0.5, 0.6) is 0 Å². The van der Waals surface area contributed by atoms with Crippen molar-refractivity contribution in [1.82, 2.24) is 4.90 Å². The quantitative estimate of drug-likeness (QED) is 0.892. The van der Waals surface area contributed by atoms with Crippen LogP contribution in [0.4, 0.5) is 0 Å². The second-order valence-electron chi connectivity index (χ2n) is 6.08. The summed E-state index contributed by atoms with van der Waals surface area (Å²) in [6.07, 6.45) is 2.21. The van der Waals surface area contributed by atoms with Crippen LogP contribution in [0.2, 0.25) is 0 Å². The maximum absolute atomic E-state index is 12.6. The van der Waals surface area contributed by atoms with E-state index in [1.807, 2.05) is 32.9 Å². The van der Waals surface area contributed by atoms with E-state index in [4.69, 9.17) is 14.9 Å². The smallest absolute Gasteiger partial charge is 0.243 e. The highest BCUT2D eigenvalue weighted by atomic mass is 16.5. The molecular formula is C15H24N2O3. The lowest BCUT2D eigenvalue weighted by Gasteiger charge is -2.58. The van der Waals surface area contributed by atoms with Crippen molar-refractivity contribution < 1.29 is 13.9 Å². The molecule has 1 saturated carbocycles. The first-order valence-electron chi connectivity index (χ1n) is 7.01. The summed E-state index contributed by atoms with van der Waals surface area (Å²) in [6.45, 7) is 7.02. The zero-order valence-corrected chi connectivity index (χ0v) is 12.7. The number of rotatable bonds is 5. The molecule has 2 atom stereocenters. The fraction of sp³-hybridized carbons (Fsp3) is 0.667. The van der Waals surface area contributed by atoms with Crippen molar-refractivity contribution in [3.63, 3.8) is 0 Å². The van der Waals surface area contributed by atoms with E-state index in [2.05, 4.69) is 0 Å². The number of nitrogens with zero attached hydrogens (tertiary/aromatic N) is 1. The summed E-state index contributed by atoms with van der Waals surface area (Å²) >= 11 is 0. The number of carbonyl (C=O) groups excluding carboxylic acids is 1. The second kappa shape index (κ2) is 5.22. The van der Waals surface area contributed by atoms with Crippen LogP contribution in [0.1, 0.15) is 33.0 Å². The molecule has 0 aliphatic heterocycles. The Labute approximate surface area is 120 Å². The van der Waals surface area contributed by atoms with Gasteiger partial charge in [-0.25, -0.2) is 0 Å². The number of likely N-dealkylation sites (N-methyl/N-ethyl adjacent to an activating group) is 1. The Morgan fingerprint density at radius 2 is 2.30 bits per heavy atom. The van der Waals surface area contributed by atoms with Gasteiger partial charge < -0.3 is 19.8 Å². The van der Waals surface area contributed by atoms with E-state index in [1.54, 1.807) is 18.2 Å². The highest BCUT2D eigenvalue weighted by Crippen LogP contribution is 2.50. The van der Waals surface area contributed by atoms with E-state index in [-0.39, 0.29) is 17.4 Å². The Bertz CT molecular complexity index is 469. The molecular weight excluding hydrogens is 256 g/mol. The van der Waals surface area contributed by atoms with Crippen LogP contribution in [0.3, 0.4) is 0 Å². The normalized spacial score (nSPS) is 27.9. The van der Waals surface area contributed by atoms with E-state index >= 15 is 0 Å². The molecule has 1 aliphatic carbocycles. The number of hydrogen-bond acceptors (Lipinski definition) is 4. The van der Waals surface area contributed by atoms with Crippen LogP contribution in [0.15, 0.2) is 22.8 Å². The Balaban J connectivity index is 2.05. The molecule has 2 unspecified atom stereocenters. The lowest BCUT2D eigenvalue weighted by molar-refractivity contribution is -0.178. The molecule has 0 aromatic carbocycles. The van der Waals surface area contributed by atoms with Crippen LogP contribution < -0.4 is 5.73 Å². The van der Waals surface area contributed by atoms with Crippen LogP contribution in [-0.4, -0.2) is 36.1 Å². The van der Waals surface area contributed by atoms with Gasteiger partial charge in [-0.15, -0.1) is 0 Å². The average Bonchev–Trinajstić information content (AvgIpc) is 2.90. The molecule has 1 aliphatic rings. The topological polar surface area (TPSA) is 68.7 Å². The van der Waals surface area contributed by atoms with Crippen molar-refractivity contribution in [2.45, 2.75) is 45.4 Å². The van der Waals surface area contributed by atoms with Gasteiger partial charge in [-0.2, -0.15) is 0 Å². The van der Waals surface area contributed by atoms with E-state index in [1.165, 1.54) is 0 Å². The van der Waals surface area contributed by atoms with Gasteiger partial charge >= 0.3 is 0 Å². The van der Waals surface area contributed by atoms with Crippen LogP contribution in [0.25, 0.3) is 0 Å². The van der Waals surface area contributed by atoms with Crippen LogP contribution in [0, 0.1) is 5.41 Å². The van der Waals surface area contributed by atoms with Gasteiger partial charge in [0.05, 0.1) is 18.9 Å². The number of furan rings is 1. The first kappa shape index (κ1) is 15.1. The van der Waals surface area contributed by atoms with Crippen molar-refractivity contribution >= 4 is 5.91 Å². The van der Waals surface area contributed by atoms with Crippen molar-refractivity contribution in [2.24, 2.45) is 11.1 Å². The van der Waals surface area contributed by atoms with Crippen LogP contribution in [-0.2, 0) is 16.1 Å². The second-order valence-corrected chi connectivity index (χ2v) is 6.08. The Hall–Kier alpha value is -1.33. The predicted molar refractivity (Wildman–Crippen MR) is 75.9 cm³/mol. The minimum absolute atomic E-state index is 0.0402. The number of nitrogens with two attached hydrogens (primary N) is 1. The molecule has 20 heavy (non-hydrogen) atoms. The molecule has 1 fully saturated rings. The molecule has 0 radical (unpaired) electrons. The molecule has 2 rings (SSSR count). The third kappa shape index (κ3) is 2.25. The molecule has 112 valence electrons. The number of amides is 1. The highest BCUT2D eigenvalue weighted by molar-refractivity contribution is 5.88. The maximum atomic E-state index is 12.6. The molecule has 0 bridgehead atoms. The molecule has 1 amide bonds. The van der Waals surface area contributed by atoms with Crippen molar-refractivity contribution in [1.29, 1.82) is 0 Å². The van der Waals surface area contributed by atoms with Gasteiger partial charge in [-0.05, 0) is 19.1 Å². The molecule has 0 saturated heterocycles. The summed E-state index contributed by atoms with van der Waals surface area (Å²) in [5, 5.41) is 0. The highest BCUT2D eigenvalue weighted by Gasteiger charge is 2.63. The minimum Gasteiger partial charge on any atom is -0.467 e. The molecule has 2 N–H and O–H groups in total. The van der Waals surface area contributed by atoms with Crippen molar-refractivity contribution in [3.05, 3.63) is 24.2 Å². The Morgan fingerprint density at radius 1 is 1.60 bits per heavy atom. The van der Waals surface area contributed by atoms with E-state index < -0.39 is 5.54 Å². The van der Waals surface area contributed by atoms with Gasteiger partial charge in [0.25, 0.3) is 0 Å². The summed E-state index contributed by atoms with van der Waals surface area (Å²) in [5.41, 5.74) is 5.14. The summed E-state index contributed by atoms with van der Waals surface area (Å²) in [4.78, 5) is 14.3. The first-order chi connectivity index (χ1) is 9.33. The van der Waals surface area contributed by atoms with Gasteiger partial charge in [0.2, 0.25) is 5.91 Å². The number of hydrogen-bond donors (Lipinski definition) is 1. The van der Waals surface area contributed by atoms with Gasteiger partial charge in [-0.3, -0.25) is 4.79 Å². The van der Waals surface area contributed by atoms with Gasteiger partial charge in [0.1, 0.15) is 11.3 Å². The Morgan fingerprint density at radius 3 is 2.80 bits per heavy atom. The lowest BCUT2D eigenvalue weighted by atomic mass is 9.54. The first-order valence-corrected chi connectivity index (χ1v) is 7.01. The van der Waals surface area contributed by atoms with Crippen LogP contribution >= 0.6 is 0 Å². The van der Waals surface area contributed by atoms with Crippen molar-refractivity contribution in [2.75, 3.05) is 13.7 Å². The molecule has 1 heterocycles. The minimum atomic E-state index is -0.867. The van der Waals surface area contributed by atoms with E-state index in [9.17, 15) is 4.79 Å². The van der Waals surface area contributed by atoms with E-state index in [0.717, 1.165) is 5.76 Å². The zero-order chi connectivity index (χ0) is 15.0. The molecule has 0 spiro atoms. The summed E-state index contributed by atoms with van der Waals surface area (Å²) in [7, 11) is 1.75. The Kier molecular flexibility index (Phi) is 3.93. The fourth-order valence-electron chi connectivity index (χ4n) is 2.85. The van der Waals surface area contributed by atoms with Crippen molar-refractivity contribution in [3.8, 4) is 0 Å². The maximum Gasteiger partial charge on any atom is 0.243 e. The SMILES string of the molecule is CCOC1CC(N)(C(=O)N(C)Cc2ccco2)C1(C)C. The summed E-state index contributed by atoms with van der Waals surface area (Å²) in [6, 6.07) is 3.66. The zero-order valence-electron chi connectivity index (χ0n) is 12.7. The predicted octanol–water partition coefficient (Wildman–Crippen LogP) is 1.77. The number of ether oxygens (including phenoxy) is 1. The van der Waals surface area contributed by atoms with Gasteiger partial charge in [0.15, 0.2) is 0 Å². The third-order valence-corrected chi connectivity index (χ3v) is 4.53. The van der Waals surface area contributed by atoms with E-state index in [0.29, 0.717) is 19.6 Å². The largest absolute Gasteiger partial charge is 0.467 e. The fourth-order valence-corrected chi connectivity index (χ4v) is 2.85. The average molecular weight is 280 g/mol. The summed E-state index contributed by atoms with van der Waals surface area (Å²) < 4.78 is 10.9. The standard InChI is InChI=1S/C15H24N2O3/c1-5-19-12-9-15(16,14(12,2)3)13(18)17(4)10-11-7-6-8-20-11/h6-8,12H,5,9-10,16H2,1-4H3. The van der Waals surface area contributed by atoms with Gasteiger partial charge in [0, 0.05) is 25.5 Å². The molecule has 1 aromatic rings. The summed E-state index contributed by atoms with van der Waals surface area (Å²) in [5.74, 6) is 0.692. The molecule has 5 heteroatoms. The molecule has 5 nitrogen and oxygen atoms in total. The van der Waals surface area contributed by atoms with Gasteiger partial charge in [-0.1, -0.05) is 13.8 Å².